The second-order valence-corrected chi connectivity index (χ2v) is 2.85. The fourth-order valence-electron chi connectivity index (χ4n) is 0.639. The summed E-state index contributed by atoms with van der Waals surface area (Å²) in [4.78, 5) is 0. The molecule has 0 heterocycles. The zero-order valence-electron chi connectivity index (χ0n) is 7.62. The van der Waals surface area contributed by atoms with Crippen molar-refractivity contribution in [2.24, 2.45) is 0 Å². The average molecular weight is 263 g/mol. The van der Waals surface area contributed by atoms with Gasteiger partial charge in [-0.3, -0.25) is 0 Å². The summed E-state index contributed by atoms with van der Waals surface area (Å²) in [5, 5.41) is 2.85. The molecular formula is C9H11NS2Zn. The summed E-state index contributed by atoms with van der Waals surface area (Å²) in [6.45, 7) is 5.00. The number of benzene rings is 1. The molecule has 0 aliphatic heterocycles. The SMILES string of the molecule is S=C([S-])Nc1ccccc1.[CH2-]C.[Zn+2]. The molecule has 0 amide bonds. The van der Waals surface area contributed by atoms with Crippen molar-refractivity contribution in [3.8, 4) is 0 Å². The molecule has 0 unspecified atom stereocenters. The molecule has 0 bridgehead atoms. The molecule has 0 radical (unpaired) electrons. The van der Waals surface area contributed by atoms with Crippen LogP contribution in [0.3, 0.4) is 0 Å². The van der Waals surface area contributed by atoms with Gasteiger partial charge < -0.3 is 37.1 Å². The van der Waals surface area contributed by atoms with Crippen LogP contribution in [0.25, 0.3) is 0 Å². The molecular weight excluding hydrogens is 252 g/mol. The van der Waals surface area contributed by atoms with E-state index >= 15 is 0 Å². The summed E-state index contributed by atoms with van der Waals surface area (Å²) in [6, 6.07) is 9.63. The van der Waals surface area contributed by atoms with Crippen molar-refractivity contribution < 1.29 is 19.5 Å². The topological polar surface area (TPSA) is 12.0 Å². The van der Waals surface area contributed by atoms with Crippen molar-refractivity contribution in [3.63, 3.8) is 0 Å². The molecule has 0 aromatic heterocycles. The van der Waals surface area contributed by atoms with Crippen LogP contribution in [0.4, 0.5) is 5.69 Å². The third-order valence-corrected chi connectivity index (χ3v) is 1.22. The minimum atomic E-state index is 0. The van der Waals surface area contributed by atoms with E-state index in [-0.39, 0.29) is 19.5 Å². The van der Waals surface area contributed by atoms with E-state index in [4.69, 9.17) is 0 Å². The van der Waals surface area contributed by atoms with Crippen molar-refractivity contribution in [1.29, 1.82) is 0 Å². The van der Waals surface area contributed by atoms with Crippen molar-refractivity contribution in [1.82, 2.24) is 0 Å². The number of anilines is 1. The third kappa shape index (κ3) is 8.29. The molecule has 0 fully saturated rings. The average Bonchev–Trinajstić information content (AvgIpc) is 2.08. The van der Waals surface area contributed by atoms with E-state index in [1.165, 1.54) is 0 Å². The first-order valence-corrected chi connectivity index (χ1v) is 4.34. The van der Waals surface area contributed by atoms with Crippen LogP contribution in [-0.4, -0.2) is 4.32 Å². The number of hydrogen-bond donors (Lipinski definition) is 1. The van der Waals surface area contributed by atoms with Gasteiger partial charge in [0.25, 0.3) is 0 Å². The zero-order chi connectivity index (χ0) is 9.40. The van der Waals surface area contributed by atoms with E-state index in [0.29, 0.717) is 4.32 Å². The van der Waals surface area contributed by atoms with Crippen LogP contribution in [0.5, 0.6) is 0 Å². The maximum absolute atomic E-state index is 4.68. The molecule has 1 nitrogen and oxygen atoms in total. The molecule has 0 atom stereocenters. The van der Waals surface area contributed by atoms with E-state index in [1.54, 1.807) is 6.92 Å². The second-order valence-electron chi connectivity index (χ2n) is 1.78. The Morgan fingerprint density at radius 2 is 1.77 bits per heavy atom. The number of nitrogens with one attached hydrogen (secondary N) is 1. The minimum Gasteiger partial charge on any atom is -0.411 e. The van der Waals surface area contributed by atoms with E-state index in [1.807, 2.05) is 30.3 Å². The summed E-state index contributed by atoms with van der Waals surface area (Å²) >= 11 is 9.36. The molecule has 1 N–H and O–H groups in total. The predicted molar refractivity (Wildman–Crippen MR) is 61.1 cm³/mol. The number of hydrogen-bond acceptors (Lipinski definition) is 2. The zero-order valence-corrected chi connectivity index (χ0v) is 12.2. The molecule has 1 aromatic carbocycles. The summed E-state index contributed by atoms with van der Waals surface area (Å²) in [5.41, 5.74) is 0.947. The Morgan fingerprint density at radius 3 is 2.15 bits per heavy atom. The van der Waals surface area contributed by atoms with Gasteiger partial charge in [0.1, 0.15) is 0 Å². The number of thiocarbonyl (C=S) groups is 1. The summed E-state index contributed by atoms with van der Waals surface area (Å²) in [7, 11) is 0. The van der Waals surface area contributed by atoms with Gasteiger partial charge in [-0.05, 0) is 12.1 Å². The van der Waals surface area contributed by atoms with Crippen molar-refractivity contribution >= 4 is 34.9 Å². The van der Waals surface area contributed by atoms with Gasteiger partial charge in [-0.1, -0.05) is 22.5 Å². The normalized spacial score (nSPS) is 7.23. The number of para-hydroxylation sites is 1. The molecule has 1 aromatic rings. The van der Waals surface area contributed by atoms with Gasteiger partial charge in [-0.2, -0.15) is 6.92 Å². The first kappa shape index (κ1) is 15.4. The predicted octanol–water partition coefficient (Wildman–Crippen LogP) is 2.77. The fraction of sp³-hybridized carbons (Fsp3) is 0.111. The van der Waals surface area contributed by atoms with Crippen LogP contribution in [0.2, 0.25) is 0 Å². The Labute approximate surface area is 103 Å². The van der Waals surface area contributed by atoms with Gasteiger partial charge in [0, 0.05) is 5.69 Å². The first-order valence-electron chi connectivity index (χ1n) is 3.53. The molecule has 0 saturated carbocycles. The molecule has 1 rings (SSSR count). The Kier molecular flexibility index (Phi) is 11.9. The Balaban J connectivity index is 0. The van der Waals surface area contributed by atoms with Gasteiger partial charge in [-0.25, -0.2) is 0 Å². The summed E-state index contributed by atoms with van der Waals surface area (Å²) in [5.74, 6) is 0. The first-order chi connectivity index (χ1) is 5.79. The molecule has 0 aliphatic rings. The largest absolute Gasteiger partial charge is 2.00 e. The molecule has 0 saturated heterocycles. The monoisotopic (exact) mass is 261 g/mol. The van der Waals surface area contributed by atoms with Gasteiger partial charge in [0.2, 0.25) is 0 Å². The van der Waals surface area contributed by atoms with Crippen LogP contribution in [-0.2, 0) is 32.1 Å². The standard InChI is InChI=1S/C7H7NS2.C2H5.Zn/c9-7(10)8-6-4-2-1-3-5-6;1-2;/h1-5H,(H2,8,9,10);1H2,2H3;/q;-1;+2/p-1. The van der Waals surface area contributed by atoms with Gasteiger partial charge >= 0.3 is 19.5 Å². The molecule has 4 heteroatoms. The third-order valence-electron chi connectivity index (χ3n) is 1.02. The molecule has 13 heavy (non-hydrogen) atoms. The minimum absolute atomic E-state index is 0. The quantitative estimate of drug-likeness (QED) is 0.362. The van der Waals surface area contributed by atoms with Crippen LogP contribution in [0.15, 0.2) is 30.3 Å². The molecule has 66 valence electrons. The second kappa shape index (κ2) is 10.0. The summed E-state index contributed by atoms with van der Waals surface area (Å²) < 4.78 is 0.381. The Morgan fingerprint density at radius 1 is 1.31 bits per heavy atom. The van der Waals surface area contributed by atoms with Crippen molar-refractivity contribution in [2.75, 3.05) is 5.32 Å². The van der Waals surface area contributed by atoms with Crippen LogP contribution in [0, 0.1) is 6.92 Å². The van der Waals surface area contributed by atoms with Crippen LogP contribution >= 0.6 is 12.2 Å². The van der Waals surface area contributed by atoms with E-state index in [0.717, 1.165) is 5.69 Å². The Bertz CT molecular complexity index is 226. The molecule has 0 spiro atoms. The smallest absolute Gasteiger partial charge is 0.411 e. The van der Waals surface area contributed by atoms with Crippen molar-refractivity contribution in [3.05, 3.63) is 37.3 Å². The van der Waals surface area contributed by atoms with Crippen LogP contribution < -0.4 is 5.32 Å². The maximum atomic E-state index is 4.68. The van der Waals surface area contributed by atoms with Crippen molar-refractivity contribution in [2.45, 2.75) is 6.92 Å². The van der Waals surface area contributed by atoms with Gasteiger partial charge in [0.05, 0.1) is 0 Å². The summed E-state index contributed by atoms with van der Waals surface area (Å²) in [6.07, 6.45) is 0. The molecule has 0 aliphatic carbocycles. The van der Waals surface area contributed by atoms with Gasteiger partial charge in [-0.15, -0.1) is 0 Å². The maximum Gasteiger partial charge on any atom is 2.00 e. The fourth-order valence-corrected chi connectivity index (χ4v) is 0.875. The van der Waals surface area contributed by atoms with Gasteiger partial charge in [0.15, 0.2) is 0 Å². The number of rotatable bonds is 1. The van der Waals surface area contributed by atoms with E-state index < -0.39 is 0 Å². The Hall–Kier alpha value is -0.0466. The van der Waals surface area contributed by atoms with E-state index in [2.05, 4.69) is 37.1 Å². The van der Waals surface area contributed by atoms with Crippen LogP contribution in [0.1, 0.15) is 6.92 Å². The van der Waals surface area contributed by atoms with E-state index in [9.17, 15) is 0 Å².